The van der Waals surface area contributed by atoms with Gasteiger partial charge in [-0.05, 0) is 30.4 Å². The van der Waals surface area contributed by atoms with Gasteiger partial charge in [-0.15, -0.1) is 0 Å². The number of carbonyl (C=O) groups is 1. The smallest absolute Gasteiger partial charge is 0.159 e. The van der Waals surface area contributed by atoms with Crippen LogP contribution in [0.1, 0.15) is 25.7 Å². The van der Waals surface area contributed by atoms with Gasteiger partial charge in [0.1, 0.15) is 0 Å². The van der Waals surface area contributed by atoms with Crippen molar-refractivity contribution in [3.05, 3.63) is 23.5 Å². The fourth-order valence-electron chi connectivity index (χ4n) is 1.98. The molecule has 2 aliphatic carbocycles. The predicted octanol–water partition coefficient (Wildman–Crippen LogP) is 2.13. The summed E-state index contributed by atoms with van der Waals surface area (Å²) in [7, 11) is 0. The number of aliphatic hydroxyl groups excluding tert-OH is 1. The van der Waals surface area contributed by atoms with Crippen LogP contribution in [0.4, 0.5) is 0 Å². The molecule has 0 spiro atoms. The van der Waals surface area contributed by atoms with E-state index in [9.17, 15) is 9.90 Å². The molecule has 0 bridgehead atoms. The second-order valence-corrected chi connectivity index (χ2v) is 3.50. The number of rotatable bonds is 0. The molecule has 2 aliphatic rings. The third-order valence-electron chi connectivity index (χ3n) is 2.63. The number of hydrogen-bond donors (Lipinski definition) is 1. The highest BCUT2D eigenvalue weighted by atomic mass is 16.3. The van der Waals surface area contributed by atoms with E-state index < -0.39 is 0 Å². The van der Waals surface area contributed by atoms with E-state index in [1.54, 1.807) is 12.2 Å². The summed E-state index contributed by atoms with van der Waals surface area (Å²) in [4.78, 5) is 11.4. The molecule has 0 amide bonds. The SMILES string of the molecule is O=C1CCCC2CC(O)=CC=C12. The zero-order valence-electron chi connectivity index (χ0n) is 6.92. The fourth-order valence-corrected chi connectivity index (χ4v) is 1.98. The average molecular weight is 164 g/mol. The maximum Gasteiger partial charge on any atom is 0.159 e. The molecule has 1 fully saturated rings. The molecule has 64 valence electrons. The molecule has 0 aromatic heterocycles. The zero-order chi connectivity index (χ0) is 8.55. The topological polar surface area (TPSA) is 37.3 Å². The molecule has 0 aliphatic heterocycles. The van der Waals surface area contributed by atoms with Crippen LogP contribution < -0.4 is 0 Å². The Balaban J connectivity index is 2.28. The van der Waals surface area contributed by atoms with Gasteiger partial charge in [0.25, 0.3) is 0 Å². The third kappa shape index (κ3) is 1.17. The van der Waals surface area contributed by atoms with E-state index in [1.807, 2.05) is 0 Å². The van der Waals surface area contributed by atoms with Crippen molar-refractivity contribution in [1.82, 2.24) is 0 Å². The van der Waals surface area contributed by atoms with Crippen molar-refractivity contribution in [3.8, 4) is 0 Å². The molecule has 1 atom stereocenters. The Morgan fingerprint density at radius 2 is 2.25 bits per heavy atom. The van der Waals surface area contributed by atoms with Crippen LogP contribution in [0.15, 0.2) is 23.5 Å². The molecule has 0 heterocycles. The largest absolute Gasteiger partial charge is 0.512 e. The van der Waals surface area contributed by atoms with Gasteiger partial charge >= 0.3 is 0 Å². The van der Waals surface area contributed by atoms with E-state index in [2.05, 4.69) is 0 Å². The standard InChI is InChI=1S/C10H12O2/c11-8-4-5-9-7(6-8)2-1-3-10(9)12/h4-5,7,11H,1-3,6H2. The van der Waals surface area contributed by atoms with Crippen LogP contribution in [0.25, 0.3) is 0 Å². The first-order valence-electron chi connectivity index (χ1n) is 4.40. The number of allylic oxidation sites excluding steroid dienone is 4. The van der Waals surface area contributed by atoms with Crippen molar-refractivity contribution < 1.29 is 9.90 Å². The Bertz CT molecular complexity index is 274. The van der Waals surface area contributed by atoms with Crippen LogP contribution in [0.5, 0.6) is 0 Å². The van der Waals surface area contributed by atoms with Gasteiger partial charge in [0, 0.05) is 12.8 Å². The summed E-state index contributed by atoms with van der Waals surface area (Å²) >= 11 is 0. The van der Waals surface area contributed by atoms with E-state index in [0.717, 1.165) is 18.4 Å². The van der Waals surface area contributed by atoms with Crippen LogP contribution in [0.2, 0.25) is 0 Å². The molecule has 1 saturated carbocycles. The highest BCUT2D eigenvalue weighted by Gasteiger charge is 2.27. The Morgan fingerprint density at radius 3 is 3.08 bits per heavy atom. The maximum atomic E-state index is 11.4. The average Bonchev–Trinajstić information content (AvgIpc) is 2.04. The second-order valence-electron chi connectivity index (χ2n) is 3.50. The van der Waals surface area contributed by atoms with E-state index in [1.165, 1.54) is 0 Å². The first kappa shape index (κ1) is 7.59. The van der Waals surface area contributed by atoms with Crippen LogP contribution in [-0.2, 0) is 4.79 Å². The van der Waals surface area contributed by atoms with Crippen LogP contribution >= 0.6 is 0 Å². The van der Waals surface area contributed by atoms with Gasteiger partial charge in [0.2, 0.25) is 0 Å². The molecule has 1 N–H and O–H groups in total. The lowest BCUT2D eigenvalue weighted by atomic mass is 9.79. The lowest BCUT2D eigenvalue weighted by Gasteiger charge is -2.25. The van der Waals surface area contributed by atoms with Gasteiger partial charge in [-0.2, -0.15) is 0 Å². The minimum absolute atomic E-state index is 0.273. The van der Waals surface area contributed by atoms with Crippen molar-refractivity contribution in [1.29, 1.82) is 0 Å². The lowest BCUT2D eigenvalue weighted by molar-refractivity contribution is -0.117. The van der Waals surface area contributed by atoms with Crippen LogP contribution in [-0.4, -0.2) is 10.9 Å². The first-order valence-corrected chi connectivity index (χ1v) is 4.40. The Morgan fingerprint density at radius 1 is 1.42 bits per heavy atom. The summed E-state index contributed by atoms with van der Waals surface area (Å²) in [6.07, 6.45) is 6.82. The Labute approximate surface area is 71.6 Å². The van der Waals surface area contributed by atoms with Crippen molar-refractivity contribution >= 4 is 5.78 Å². The van der Waals surface area contributed by atoms with Crippen molar-refractivity contribution in [3.63, 3.8) is 0 Å². The molecule has 0 saturated heterocycles. The monoisotopic (exact) mass is 164 g/mol. The van der Waals surface area contributed by atoms with Gasteiger partial charge in [0.15, 0.2) is 5.78 Å². The van der Waals surface area contributed by atoms with Gasteiger partial charge < -0.3 is 5.11 Å². The van der Waals surface area contributed by atoms with Gasteiger partial charge in [-0.1, -0.05) is 6.08 Å². The minimum atomic E-state index is 0.273. The summed E-state index contributed by atoms with van der Waals surface area (Å²) in [5.74, 6) is 0.990. The lowest BCUT2D eigenvalue weighted by Crippen LogP contribution is -2.21. The van der Waals surface area contributed by atoms with Gasteiger partial charge in [0.05, 0.1) is 5.76 Å². The molecule has 2 heteroatoms. The molecule has 2 nitrogen and oxygen atoms in total. The molecule has 0 aromatic carbocycles. The Kier molecular flexibility index (Phi) is 1.75. The quantitative estimate of drug-likeness (QED) is 0.595. The van der Waals surface area contributed by atoms with E-state index in [0.29, 0.717) is 24.5 Å². The summed E-state index contributed by atoms with van der Waals surface area (Å²) < 4.78 is 0. The van der Waals surface area contributed by atoms with Crippen molar-refractivity contribution in [2.75, 3.05) is 0 Å². The minimum Gasteiger partial charge on any atom is -0.512 e. The number of Topliss-reactive ketones (excluding diaryl/α,β-unsaturated/α-hetero) is 1. The number of ketones is 1. The second kappa shape index (κ2) is 2.77. The number of carbonyl (C=O) groups excluding carboxylic acids is 1. The molecule has 12 heavy (non-hydrogen) atoms. The van der Waals surface area contributed by atoms with E-state index in [4.69, 9.17) is 0 Å². The maximum absolute atomic E-state index is 11.4. The molecule has 1 unspecified atom stereocenters. The van der Waals surface area contributed by atoms with E-state index in [-0.39, 0.29) is 5.78 Å². The predicted molar refractivity (Wildman–Crippen MR) is 45.8 cm³/mol. The Hall–Kier alpha value is -1.05. The molecule has 2 rings (SSSR count). The van der Waals surface area contributed by atoms with E-state index >= 15 is 0 Å². The first-order chi connectivity index (χ1) is 5.77. The van der Waals surface area contributed by atoms with Crippen LogP contribution in [0.3, 0.4) is 0 Å². The van der Waals surface area contributed by atoms with Crippen molar-refractivity contribution in [2.24, 2.45) is 5.92 Å². The molecule has 0 radical (unpaired) electrons. The molecular weight excluding hydrogens is 152 g/mol. The molecular formula is C10H12O2. The summed E-state index contributed by atoms with van der Waals surface area (Å²) in [6, 6.07) is 0. The van der Waals surface area contributed by atoms with Crippen molar-refractivity contribution in [2.45, 2.75) is 25.7 Å². The summed E-state index contributed by atoms with van der Waals surface area (Å²) in [6.45, 7) is 0. The van der Waals surface area contributed by atoms with Gasteiger partial charge in [-0.25, -0.2) is 0 Å². The number of fused-ring (bicyclic) bond motifs is 1. The summed E-state index contributed by atoms with van der Waals surface area (Å²) in [5, 5.41) is 9.24. The van der Waals surface area contributed by atoms with Crippen LogP contribution in [0, 0.1) is 5.92 Å². The number of hydrogen-bond acceptors (Lipinski definition) is 2. The zero-order valence-corrected chi connectivity index (χ0v) is 6.92. The number of aliphatic hydroxyl groups is 1. The highest BCUT2D eigenvalue weighted by molar-refractivity contribution is 5.97. The highest BCUT2D eigenvalue weighted by Crippen LogP contribution is 2.33. The normalized spacial score (nSPS) is 29.0. The summed E-state index contributed by atoms with van der Waals surface area (Å²) in [5.41, 5.74) is 0.930. The molecule has 0 aromatic rings. The van der Waals surface area contributed by atoms with Gasteiger partial charge in [-0.3, -0.25) is 4.79 Å². The third-order valence-corrected chi connectivity index (χ3v) is 2.63. The fraction of sp³-hybridized carbons (Fsp3) is 0.500.